The van der Waals surface area contributed by atoms with Crippen LogP contribution in [0, 0.1) is 0 Å². The summed E-state index contributed by atoms with van der Waals surface area (Å²) >= 11 is 4.59. The van der Waals surface area contributed by atoms with E-state index in [0.29, 0.717) is 29.2 Å². The molecule has 3 aromatic rings. The summed E-state index contributed by atoms with van der Waals surface area (Å²) < 4.78 is 12.0. The molecule has 0 bridgehead atoms. The second kappa shape index (κ2) is 8.86. The molecular weight excluding hydrogens is 418 g/mol. The van der Waals surface area contributed by atoms with Crippen molar-refractivity contribution in [1.29, 1.82) is 0 Å². The second-order valence-electron chi connectivity index (χ2n) is 5.15. The van der Waals surface area contributed by atoms with Crippen LogP contribution in [0.4, 0.5) is 5.69 Å². The van der Waals surface area contributed by atoms with Crippen LogP contribution in [-0.2, 0) is 4.79 Å². The highest BCUT2D eigenvalue weighted by Crippen LogP contribution is 2.26. The van der Waals surface area contributed by atoms with Gasteiger partial charge in [0.05, 0.1) is 18.0 Å². The number of benzene rings is 2. The summed E-state index contributed by atoms with van der Waals surface area (Å²) in [6.07, 6.45) is 0. The lowest BCUT2D eigenvalue weighted by atomic mass is 10.2. The minimum absolute atomic E-state index is 0.153. The number of hydrogen-bond donors (Lipinski definition) is 1. The zero-order valence-corrected chi connectivity index (χ0v) is 16.3. The number of amides is 1. The number of para-hydroxylation sites is 2. The van der Waals surface area contributed by atoms with Crippen molar-refractivity contribution in [1.82, 2.24) is 10.2 Å². The number of nitrogens with zero attached hydrogens (tertiary/aromatic N) is 2. The Morgan fingerprint density at radius 2 is 2.08 bits per heavy atom. The van der Waals surface area contributed by atoms with E-state index in [4.69, 9.17) is 9.15 Å². The fourth-order valence-corrected chi connectivity index (χ4v) is 3.13. The van der Waals surface area contributed by atoms with Crippen LogP contribution in [0.3, 0.4) is 0 Å². The summed E-state index contributed by atoms with van der Waals surface area (Å²) in [4.78, 5) is 12.2. The van der Waals surface area contributed by atoms with E-state index in [2.05, 4.69) is 31.4 Å². The zero-order valence-electron chi connectivity index (χ0n) is 13.9. The summed E-state index contributed by atoms with van der Waals surface area (Å²) in [5.74, 6) is 1.03. The molecule has 2 aromatic carbocycles. The summed E-state index contributed by atoms with van der Waals surface area (Å²) in [6.45, 7) is 2.43. The number of halogens is 1. The number of rotatable bonds is 7. The van der Waals surface area contributed by atoms with Crippen molar-refractivity contribution in [3.63, 3.8) is 0 Å². The average Bonchev–Trinajstić information content (AvgIpc) is 3.11. The summed E-state index contributed by atoms with van der Waals surface area (Å²) in [6, 6.07) is 14.9. The maximum atomic E-state index is 12.2. The molecule has 0 saturated carbocycles. The standard InChI is InChI=1S/C18H16BrN3O3S/c1-2-24-15-9-4-3-8-14(15)20-16(23)11-26-18-22-21-17(25-18)12-6-5-7-13(19)10-12/h3-10H,2,11H2,1H3,(H,20,23). The molecule has 0 fully saturated rings. The van der Waals surface area contributed by atoms with Gasteiger partial charge in [-0.25, -0.2) is 0 Å². The first-order valence-corrected chi connectivity index (χ1v) is 9.67. The fraction of sp³-hybridized carbons (Fsp3) is 0.167. The molecule has 0 aliphatic rings. The maximum Gasteiger partial charge on any atom is 0.277 e. The van der Waals surface area contributed by atoms with Gasteiger partial charge in [-0.1, -0.05) is 45.9 Å². The number of carbonyl (C=O) groups is 1. The molecule has 1 aromatic heterocycles. The van der Waals surface area contributed by atoms with Gasteiger partial charge in [-0.2, -0.15) is 0 Å². The fourth-order valence-electron chi connectivity index (χ4n) is 2.17. The third kappa shape index (κ3) is 4.86. The Balaban J connectivity index is 1.59. The van der Waals surface area contributed by atoms with E-state index < -0.39 is 0 Å². The topological polar surface area (TPSA) is 77.2 Å². The summed E-state index contributed by atoms with van der Waals surface area (Å²) in [5.41, 5.74) is 1.45. The van der Waals surface area contributed by atoms with Crippen LogP contribution < -0.4 is 10.1 Å². The Hall–Kier alpha value is -2.32. The van der Waals surface area contributed by atoms with E-state index in [-0.39, 0.29) is 11.7 Å². The van der Waals surface area contributed by atoms with E-state index >= 15 is 0 Å². The molecule has 6 nitrogen and oxygen atoms in total. The summed E-state index contributed by atoms with van der Waals surface area (Å²) in [5, 5.41) is 11.2. The van der Waals surface area contributed by atoms with E-state index in [1.165, 1.54) is 11.8 Å². The molecule has 0 radical (unpaired) electrons. The van der Waals surface area contributed by atoms with Crippen LogP contribution >= 0.6 is 27.7 Å². The van der Waals surface area contributed by atoms with Crippen LogP contribution in [0.5, 0.6) is 5.75 Å². The minimum atomic E-state index is -0.177. The van der Waals surface area contributed by atoms with Gasteiger partial charge in [-0.05, 0) is 37.3 Å². The van der Waals surface area contributed by atoms with Gasteiger partial charge in [0.15, 0.2) is 0 Å². The molecule has 0 atom stereocenters. The molecule has 0 saturated heterocycles. The van der Waals surface area contributed by atoms with E-state index in [0.717, 1.165) is 10.0 Å². The van der Waals surface area contributed by atoms with Crippen LogP contribution in [0.1, 0.15) is 6.92 Å². The van der Waals surface area contributed by atoms with Crippen LogP contribution in [0.25, 0.3) is 11.5 Å². The van der Waals surface area contributed by atoms with Crippen LogP contribution in [0.15, 0.2) is 62.6 Å². The zero-order chi connectivity index (χ0) is 18.4. The van der Waals surface area contributed by atoms with Gasteiger partial charge in [0, 0.05) is 10.0 Å². The minimum Gasteiger partial charge on any atom is -0.492 e. The third-order valence-electron chi connectivity index (χ3n) is 3.27. The van der Waals surface area contributed by atoms with Gasteiger partial charge < -0.3 is 14.5 Å². The van der Waals surface area contributed by atoms with Gasteiger partial charge in [0.1, 0.15) is 5.75 Å². The Morgan fingerprint density at radius 1 is 1.23 bits per heavy atom. The predicted molar refractivity (Wildman–Crippen MR) is 104 cm³/mol. The molecular formula is C18H16BrN3O3S. The first-order valence-electron chi connectivity index (χ1n) is 7.89. The number of thioether (sulfide) groups is 1. The molecule has 8 heteroatoms. The molecule has 1 N–H and O–H groups in total. The predicted octanol–water partition coefficient (Wildman–Crippen LogP) is 4.63. The highest BCUT2D eigenvalue weighted by Gasteiger charge is 2.13. The van der Waals surface area contributed by atoms with Crippen molar-refractivity contribution in [3.8, 4) is 17.2 Å². The Bertz CT molecular complexity index is 901. The normalized spacial score (nSPS) is 10.5. The van der Waals surface area contributed by atoms with Crippen LogP contribution in [0.2, 0.25) is 0 Å². The Labute approximate surface area is 163 Å². The quantitative estimate of drug-likeness (QED) is 0.547. The molecule has 134 valence electrons. The van der Waals surface area contributed by atoms with Crippen molar-refractivity contribution in [2.24, 2.45) is 0 Å². The van der Waals surface area contributed by atoms with E-state index in [9.17, 15) is 4.79 Å². The SMILES string of the molecule is CCOc1ccccc1NC(=O)CSc1nnc(-c2cccc(Br)c2)o1. The highest BCUT2D eigenvalue weighted by molar-refractivity contribution is 9.10. The molecule has 1 amide bonds. The van der Waals surface area contributed by atoms with Crippen molar-refractivity contribution in [3.05, 3.63) is 53.0 Å². The van der Waals surface area contributed by atoms with Gasteiger partial charge in [0.2, 0.25) is 11.8 Å². The molecule has 0 aliphatic carbocycles. The molecule has 0 spiro atoms. The molecule has 0 aliphatic heterocycles. The average molecular weight is 434 g/mol. The number of hydrogen-bond acceptors (Lipinski definition) is 6. The largest absolute Gasteiger partial charge is 0.492 e. The smallest absolute Gasteiger partial charge is 0.277 e. The molecule has 26 heavy (non-hydrogen) atoms. The number of carbonyl (C=O) groups excluding carboxylic acids is 1. The maximum absolute atomic E-state index is 12.2. The first kappa shape index (κ1) is 18.5. The van der Waals surface area contributed by atoms with Crippen molar-refractivity contribution >= 4 is 39.3 Å². The molecule has 3 rings (SSSR count). The van der Waals surface area contributed by atoms with Gasteiger partial charge in [-0.15, -0.1) is 10.2 Å². The lowest BCUT2D eigenvalue weighted by Gasteiger charge is -2.10. The highest BCUT2D eigenvalue weighted by atomic mass is 79.9. The monoisotopic (exact) mass is 433 g/mol. The Morgan fingerprint density at radius 3 is 2.88 bits per heavy atom. The first-order chi connectivity index (χ1) is 12.7. The molecule has 0 unspecified atom stereocenters. The van der Waals surface area contributed by atoms with E-state index in [1.54, 1.807) is 6.07 Å². The number of aromatic nitrogens is 2. The third-order valence-corrected chi connectivity index (χ3v) is 4.58. The number of ether oxygens (including phenoxy) is 1. The van der Waals surface area contributed by atoms with Gasteiger partial charge in [-0.3, -0.25) is 4.79 Å². The molecule has 1 heterocycles. The number of nitrogens with one attached hydrogen (secondary N) is 1. The van der Waals surface area contributed by atoms with Gasteiger partial charge >= 0.3 is 0 Å². The lowest BCUT2D eigenvalue weighted by Crippen LogP contribution is -2.14. The van der Waals surface area contributed by atoms with Crippen molar-refractivity contribution in [2.75, 3.05) is 17.7 Å². The Kier molecular flexibility index (Phi) is 6.30. The van der Waals surface area contributed by atoms with Crippen molar-refractivity contribution < 1.29 is 13.9 Å². The number of anilines is 1. The summed E-state index contributed by atoms with van der Waals surface area (Å²) in [7, 11) is 0. The van der Waals surface area contributed by atoms with Crippen LogP contribution in [-0.4, -0.2) is 28.5 Å². The van der Waals surface area contributed by atoms with E-state index in [1.807, 2.05) is 49.4 Å². The lowest BCUT2D eigenvalue weighted by molar-refractivity contribution is -0.113. The second-order valence-corrected chi connectivity index (χ2v) is 6.99. The van der Waals surface area contributed by atoms with Gasteiger partial charge in [0.25, 0.3) is 5.22 Å². The van der Waals surface area contributed by atoms with Crippen molar-refractivity contribution in [2.45, 2.75) is 12.1 Å².